The van der Waals surface area contributed by atoms with Gasteiger partial charge in [-0.3, -0.25) is 9.59 Å². The second-order valence-electron chi connectivity index (χ2n) is 9.11. The lowest BCUT2D eigenvalue weighted by Gasteiger charge is -2.30. The van der Waals surface area contributed by atoms with Crippen LogP contribution in [0.5, 0.6) is 0 Å². The van der Waals surface area contributed by atoms with E-state index in [1.54, 1.807) is 4.90 Å². The van der Waals surface area contributed by atoms with Crippen LogP contribution < -0.4 is 0 Å². The van der Waals surface area contributed by atoms with Crippen LogP contribution in [0.4, 0.5) is 0 Å². The molecule has 0 unspecified atom stereocenters. The minimum Gasteiger partial charge on any atom is -0.348 e. The summed E-state index contributed by atoms with van der Waals surface area (Å²) in [4.78, 5) is 27.3. The molecule has 140 valence electrons. The molecule has 1 heterocycles. The van der Waals surface area contributed by atoms with Crippen molar-refractivity contribution >= 4 is 11.7 Å². The van der Waals surface area contributed by atoms with Crippen molar-refractivity contribution in [2.45, 2.75) is 80.3 Å². The molecule has 2 rings (SSSR count). The highest BCUT2D eigenvalue weighted by Gasteiger charge is 2.37. The third kappa shape index (κ3) is 3.99. The van der Waals surface area contributed by atoms with Crippen LogP contribution in [0.25, 0.3) is 0 Å². The standard InChI is InChI=1S/C21H34N2O2/c1-13(2)12-23-15(5)16(9-19(25)22(8)14(3)4)20-17(23)10-21(6,7)11-18(20)24/h13-14H,9-12H2,1-8H3. The summed E-state index contributed by atoms with van der Waals surface area (Å²) in [5, 5.41) is 0. The Morgan fingerprint density at radius 1 is 1.20 bits per heavy atom. The van der Waals surface area contributed by atoms with Gasteiger partial charge in [-0.2, -0.15) is 0 Å². The van der Waals surface area contributed by atoms with E-state index >= 15 is 0 Å². The van der Waals surface area contributed by atoms with Crippen LogP contribution in [0.1, 0.15) is 75.3 Å². The normalized spacial score (nSPS) is 16.5. The van der Waals surface area contributed by atoms with E-state index in [4.69, 9.17) is 0 Å². The number of ketones is 1. The largest absolute Gasteiger partial charge is 0.348 e. The van der Waals surface area contributed by atoms with E-state index in [1.807, 2.05) is 20.9 Å². The first-order valence-electron chi connectivity index (χ1n) is 9.44. The Hall–Kier alpha value is -1.58. The fourth-order valence-corrected chi connectivity index (χ4v) is 3.80. The van der Waals surface area contributed by atoms with Crippen molar-refractivity contribution in [1.29, 1.82) is 0 Å². The van der Waals surface area contributed by atoms with E-state index in [0.717, 1.165) is 35.5 Å². The van der Waals surface area contributed by atoms with Gasteiger partial charge in [0.2, 0.25) is 5.91 Å². The van der Waals surface area contributed by atoms with Gasteiger partial charge in [0.1, 0.15) is 0 Å². The molecule has 1 aromatic heterocycles. The molecular formula is C21H34N2O2. The Kier molecular flexibility index (Phi) is 5.50. The number of hydrogen-bond acceptors (Lipinski definition) is 2. The monoisotopic (exact) mass is 346 g/mol. The minimum absolute atomic E-state index is 0.0143. The molecule has 0 bridgehead atoms. The van der Waals surface area contributed by atoms with Crippen molar-refractivity contribution in [3.63, 3.8) is 0 Å². The smallest absolute Gasteiger partial charge is 0.227 e. The van der Waals surface area contributed by atoms with Crippen LogP contribution in [-0.4, -0.2) is 34.2 Å². The van der Waals surface area contributed by atoms with E-state index in [1.165, 1.54) is 0 Å². The van der Waals surface area contributed by atoms with Gasteiger partial charge in [0.25, 0.3) is 0 Å². The highest BCUT2D eigenvalue weighted by Crippen LogP contribution is 2.39. The van der Waals surface area contributed by atoms with Gasteiger partial charge in [0.05, 0.1) is 6.42 Å². The Morgan fingerprint density at radius 2 is 1.80 bits per heavy atom. The highest BCUT2D eigenvalue weighted by molar-refractivity contribution is 6.01. The number of likely N-dealkylation sites (N-methyl/N-ethyl adjacent to an activating group) is 1. The van der Waals surface area contributed by atoms with Crippen molar-refractivity contribution in [1.82, 2.24) is 9.47 Å². The first-order chi connectivity index (χ1) is 11.4. The third-order valence-corrected chi connectivity index (χ3v) is 5.37. The number of amides is 1. The fourth-order valence-electron chi connectivity index (χ4n) is 3.80. The second-order valence-corrected chi connectivity index (χ2v) is 9.11. The van der Waals surface area contributed by atoms with Gasteiger partial charge in [-0.25, -0.2) is 0 Å². The summed E-state index contributed by atoms with van der Waals surface area (Å²) in [6.45, 7) is 15.7. The van der Waals surface area contributed by atoms with Gasteiger partial charge in [-0.1, -0.05) is 27.7 Å². The molecule has 0 aliphatic heterocycles. The summed E-state index contributed by atoms with van der Waals surface area (Å²) in [6.07, 6.45) is 1.78. The van der Waals surface area contributed by atoms with Crippen LogP contribution in [0, 0.1) is 18.3 Å². The molecule has 0 atom stereocenters. The van der Waals surface area contributed by atoms with Gasteiger partial charge >= 0.3 is 0 Å². The molecule has 1 aromatic rings. The van der Waals surface area contributed by atoms with Crippen LogP contribution >= 0.6 is 0 Å². The first-order valence-corrected chi connectivity index (χ1v) is 9.44. The van der Waals surface area contributed by atoms with Crippen LogP contribution in [0.2, 0.25) is 0 Å². The molecule has 4 heteroatoms. The molecule has 1 aliphatic rings. The van der Waals surface area contributed by atoms with Gasteiger partial charge in [0, 0.05) is 43.0 Å². The van der Waals surface area contributed by atoms with E-state index in [2.05, 4.69) is 39.2 Å². The van der Waals surface area contributed by atoms with Gasteiger partial charge in [0.15, 0.2) is 5.78 Å². The maximum absolute atomic E-state index is 12.9. The molecule has 0 N–H and O–H groups in total. The average Bonchev–Trinajstić information content (AvgIpc) is 2.70. The fraction of sp³-hybridized carbons (Fsp3) is 0.714. The summed E-state index contributed by atoms with van der Waals surface area (Å²) in [5.41, 5.74) is 4.01. The second kappa shape index (κ2) is 6.97. The Balaban J connectivity index is 2.52. The molecule has 0 aromatic carbocycles. The number of hydrogen-bond donors (Lipinski definition) is 0. The molecule has 4 nitrogen and oxygen atoms in total. The topological polar surface area (TPSA) is 42.3 Å². The number of nitrogens with zero attached hydrogens (tertiary/aromatic N) is 2. The lowest BCUT2D eigenvalue weighted by molar-refractivity contribution is -0.130. The van der Waals surface area contributed by atoms with Gasteiger partial charge in [-0.05, 0) is 44.1 Å². The van der Waals surface area contributed by atoms with Crippen LogP contribution in [0.3, 0.4) is 0 Å². The van der Waals surface area contributed by atoms with Crippen LogP contribution in [0.15, 0.2) is 0 Å². The number of aromatic nitrogens is 1. The lowest BCUT2D eigenvalue weighted by Crippen LogP contribution is -2.34. The van der Waals surface area contributed by atoms with Gasteiger partial charge < -0.3 is 9.47 Å². The summed E-state index contributed by atoms with van der Waals surface area (Å²) in [6, 6.07) is 0.163. The Morgan fingerprint density at radius 3 is 2.32 bits per heavy atom. The predicted molar refractivity (Wildman–Crippen MR) is 102 cm³/mol. The van der Waals surface area contributed by atoms with Crippen molar-refractivity contribution in [2.24, 2.45) is 11.3 Å². The molecule has 0 saturated carbocycles. The average molecular weight is 347 g/mol. The number of fused-ring (bicyclic) bond motifs is 1. The van der Waals surface area contributed by atoms with E-state index in [-0.39, 0.29) is 23.1 Å². The SMILES string of the molecule is Cc1c(CC(=O)N(C)C(C)C)c2c(n1CC(C)C)CC(C)(C)CC2=O. The number of rotatable bonds is 5. The lowest BCUT2D eigenvalue weighted by atomic mass is 9.75. The zero-order valence-corrected chi connectivity index (χ0v) is 17.2. The number of Topliss-reactive ketones (excluding diaryl/α,β-unsaturated/α-hetero) is 1. The molecular weight excluding hydrogens is 312 g/mol. The molecule has 1 aliphatic carbocycles. The molecule has 0 fully saturated rings. The molecule has 1 amide bonds. The Labute approximate surface area is 152 Å². The number of carbonyl (C=O) groups is 2. The van der Waals surface area contributed by atoms with E-state index in [0.29, 0.717) is 18.8 Å². The minimum atomic E-state index is -0.0143. The number of carbonyl (C=O) groups excluding carboxylic acids is 2. The van der Waals surface area contributed by atoms with Crippen molar-refractivity contribution in [3.8, 4) is 0 Å². The summed E-state index contributed by atoms with van der Waals surface area (Å²) < 4.78 is 2.30. The van der Waals surface area contributed by atoms with E-state index < -0.39 is 0 Å². The molecule has 25 heavy (non-hydrogen) atoms. The zero-order valence-electron chi connectivity index (χ0n) is 17.2. The molecule has 0 saturated heterocycles. The van der Waals surface area contributed by atoms with Gasteiger partial charge in [-0.15, -0.1) is 0 Å². The third-order valence-electron chi connectivity index (χ3n) is 5.37. The van der Waals surface area contributed by atoms with Crippen LogP contribution in [-0.2, 0) is 24.2 Å². The summed E-state index contributed by atoms with van der Waals surface area (Å²) in [5.74, 6) is 0.782. The first kappa shape index (κ1) is 19.7. The summed E-state index contributed by atoms with van der Waals surface area (Å²) >= 11 is 0. The van der Waals surface area contributed by atoms with Crippen molar-refractivity contribution in [3.05, 3.63) is 22.5 Å². The highest BCUT2D eigenvalue weighted by atomic mass is 16.2. The van der Waals surface area contributed by atoms with E-state index in [9.17, 15) is 9.59 Å². The molecule has 0 spiro atoms. The Bertz CT molecular complexity index is 681. The summed E-state index contributed by atoms with van der Waals surface area (Å²) in [7, 11) is 1.84. The van der Waals surface area contributed by atoms with Crippen molar-refractivity contribution < 1.29 is 9.59 Å². The van der Waals surface area contributed by atoms with Crippen molar-refractivity contribution in [2.75, 3.05) is 7.05 Å². The maximum Gasteiger partial charge on any atom is 0.227 e. The predicted octanol–water partition coefficient (Wildman–Crippen LogP) is 4.02. The maximum atomic E-state index is 12.9. The quantitative estimate of drug-likeness (QED) is 0.808. The zero-order chi connectivity index (χ0) is 19.1. The molecule has 0 radical (unpaired) electrons.